The number of rotatable bonds is 5. The number of carbonyl (C=O) groups excluding carboxylic acids is 1. The molecule has 0 saturated heterocycles. The molecule has 0 spiro atoms. The van der Waals surface area contributed by atoms with Crippen LogP contribution < -0.4 is 10.6 Å². The van der Waals surface area contributed by atoms with Gasteiger partial charge in [-0.2, -0.15) is 0 Å². The maximum Gasteiger partial charge on any atom is 0.292 e. The maximum absolute atomic E-state index is 11.6. The van der Waals surface area contributed by atoms with E-state index in [2.05, 4.69) is 10.6 Å². The Morgan fingerprint density at radius 3 is 2.72 bits per heavy atom. The lowest BCUT2D eigenvalue weighted by molar-refractivity contribution is -0.383. The predicted octanol–water partition coefficient (Wildman–Crippen LogP) is 2.18. The fraction of sp³-hybridized carbons (Fsp3) is 0.364. The Hall–Kier alpha value is -1.66. The topological polar surface area (TPSA) is 84.3 Å². The summed E-state index contributed by atoms with van der Waals surface area (Å²) >= 11 is 5.74. The zero-order valence-corrected chi connectivity index (χ0v) is 10.8. The van der Waals surface area contributed by atoms with Crippen molar-refractivity contribution < 1.29 is 9.72 Å². The minimum atomic E-state index is -0.568. The van der Waals surface area contributed by atoms with E-state index in [-0.39, 0.29) is 29.9 Å². The normalized spacial score (nSPS) is 10.4. The molecule has 0 heterocycles. The molecule has 0 aliphatic rings. The van der Waals surface area contributed by atoms with Gasteiger partial charge in [0.2, 0.25) is 5.91 Å². The quantitative estimate of drug-likeness (QED) is 0.635. The summed E-state index contributed by atoms with van der Waals surface area (Å²) in [6, 6.07) is 4.17. The molecule has 1 rings (SSSR count). The Kier molecular flexibility index (Phi) is 5.06. The van der Waals surface area contributed by atoms with Crippen molar-refractivity contribution in [3.8, 4) is 0 Å². The van der Waals surface area contributed by atoms with Gasteiger partial charge in [0.25, 0.3) is 5.69 Å². The Bertz CT molecular complexity index is 463. The van der Waals surface area contributed by atoms with E-state index in [0.29, 0.717) is 5.02 Å². The molecular formula is C11H14ClN3O3. The number of amides is 1. The Morgan fingerprint density at radius 1 is 1.50 bits per heavy atom. The van der Waals surface area contributed by atoms with Gasteiger partial charge in [-0.05, 0) is 12.1 Å². The molecule has 98 valence electrons. The fourth-order valence-electron chi connectivity index (χ4n) is 1.26. The zero-order valence-electron chi connectivity index (χ0n) is 10.1. The van der Waals surface area contributed by atoms with Crippen molar-refractivity contribution in [3.63, 3.8) is 0 Å². The summed E-state index contributed by atoms with van der Waals surface area (Å²) in [6.45, 7) is 3.88. The van der Waals surface area contributed by atoms with E-state index < -0.39 is 4.92 Å². The number of nitro benzene ring substituents is 1. The van der Waals surface area contributed by atoms with E-state index >= 15 is 0 Å². The van der Waals surface area contributed by atoms with Gasteiger partial charge < -0.3 is 10.6 Å². The van der Waals surface area contributed by atoms with Crippen molar-refractivity contribution in [2.24, 2.45) is 0 Å². The first kappa shape index (κ1) is 14.4. The van der Waals surface area contributed by atoms with Crippen molar-refractivity contribution in [1.82, 2.24) is 5.32 Å². The van der Waals surface area contributed by atoms with Gasteiger partial charge in [0.15, 0.2) is 0 Å². The van der Waals surface area contributed by atoms with Crippen LogP contribution in [0, 0.1) is 10.1 Å². The lowest BCUT2D eigenvalue weighted by Crippen LogP contribution is -2.32. The molecule has 0 radical (unpaired) electrons. The fourth-order valence-corrected chi connectivity index (χ4v) is 1.43. The zero-order chi connectivity index (χ0) is 13.7. The van der Waals surface area contributed by atoms with Crippen LogP contribution in [0.2, 0.25) is 5.02 Å². The van der Waals surface area contributed by atoms with Crippen LogP contribution in [0.1, 0.15) is 13.8 Å². The minimum absolute atomic E-state index is 0.0847. The summed E-state index contributed by atoms with van der Waals surface area (Å²) in [5, 5.41) is 16.5. The molecule has 1 aromatic carbocycles. The van der Waals surface area contributed by atoms with Crippen LogP contribution in [-0.2, 0) is 4.79 Å². The van der Waals surface area contributed by atoms with Gasteiger partial charge in [-0.1, -0.05) is 25.4 Å². The van der Waals surface area contributed by atoms with Crippen molar-refractivity contribution in [3.05, 3.63) is 33.3 Å². The molecule has 7 heteroatoms. The molecule has 6 nitrogen and oxygen atoms in total. The molecule has 1 aromatic rings. The Labute approximate surface area is 109 Å². The number of carbonyl (C=O) groups is 1. The average molecular weight is 272 g/mol. The molecule has 0 saturated carbocycles. The second-order valence-corrected chi connectivity index (χ2v) is 4.44. The molecule has 0 atom stereocenters. The third kappa shape index (κ3) is 4.31. The third-order valence-corrected chi connectivity index (χ3v) is 2.34. The standard InChI is InChI=1S/C11H14ClN3O3/c1-7(2)13-6-11(16)14-9-5-8(12)3-4-10(9)15(17)18/h3-5,7,13H,6H2,1-2H3,(H,14,16). The van der Waals surface area contributed by atoms with Crippen molar-refractivity contribution in [2.45, 2.75) is 19.9 Å². The van der Waals surface area contributed by atoms with Gasteiger partial charge in [0, 0.05) is 17.1 Å². The van der Waals surface area contributed by atoms with Gasteiger partial charge >= 0.3 is 0 Å². The third-order valence-electron chi connectivity index (χ3n) is 2.10. The van der Waals surface area contributed by atoms with E-state index in [4.69, 9.17) is 11.6 Å². The molecule has 0 aliphatic carbocycles. The molecule has 2 N–H and O–H groups in total. The molecule has 18 heavy (non-hydrogen) atoms. The largest absolute Gasteiger partial charge is 0.319 e. The van der Waals surface area contributed by atoms with Crippen LogP contribution in [-0.4, -0.2) is 23.4 Å². The monoisotopic (exact) mass is 271 g/mol. The first-order chi connectivity index (χ1) is 8.40. The summed E-state index contributed by atoms with van der Waals surface area (Å²) in [5.74, 6) is -0.353. The number of nitrogens with zero attached hydrogens (tertiary/aromatic N) is 1. The van der Waals surface area contributed by atoms with Gasteiger partial charge in [-0.3, -0.25) is 14.9 Å². The van der Waals surface area contributed by atoms with E-state index in [1.54, 1.807) is 0 Å². The predicted molar refractivity (Wildman–Crippen MR) is 69.9 cm³/mol. The number of nitrogens with one attached hydrogen (secondary N) is 2. The maximum atomic E-state index is 11.6. The first-order valence-corrected chi connectivity index (χ1v) is 5.75. The van der Waals surface area contributed by atoms with Crippen LogP contribution in [0.5, 0.6) is 0 Å². The lowest BCUT2D eigenvalue weighted by Gasteiger charge is -2.09. The number of halogens is 1. The number of benzene rings is 1. The Morgan fingerprint density at radius 2 is 2.17 bits per heavy atom. The molecule has 0 aliphatic heterocycles. The highest BCUT2D eigenvalue weighted by Gasteiger charge is 2.16. The number of hydrogen-bond acceptors (Lipinski definition) is 4. The molecule has 0 bridgehead atoms. The molecule has 0 unspecified atom stereocenters. The lowest BCUT2D eigenvalue weighted by atomic mass is 10.2. The summed E-state index contributed by atoms with van der Waals surface area (Å²) in [7, 11) is 0. The van der Waals surface area contributed by atoms with Crippen LogP contribution in [0.15, 0.2) is 18.2 Å². The summed E-state index contributed by atoms with van der Waals surface area (Å²) in [5.41, 5.74) is -0.0830. The summed E-state index contributed by atoms with van der Waals surface area (Å²) < 4.78 is 0. The van der Waals surface area contributed by atoms with Gasteiger partial charge in [-0.25, -0.2) is 0 Å². The number of anilines is 1. The number of nitro groups is 1. The Balaban J connectivity index is 2.79. The van der Waals surface area contributed by atoms with Crippen molar-refractivity contribution in [1.29, 1.82) is 0 Å². The van der Waals surface area contributed by atoms with Crippen LogP contribution in [0.4, 0.5) is 11.4 Å². The summed E-state index contributed by atoms with van der Waals surface area (Å²) in [6.07, 6.45) is 0. The summed E-state index contributed by atoms with van der Waals surface area (Å²) in [4.78, 5) is 21.8. The minimum Gasteiger partial charge on any atom is -0.319 e. The van der Waals surface area contributed by atoms with E-state index in [1.807, 2.05) is 13.8 Å². The van der Waals surface area contributed by atoms with Crippen LogP contribution in [0.25, 0.3) is 0 Å². The SMILES string of the molecule is CC(C)NCC(=O)Nc1cc(Cl)ccc1[N+](=O)[O-]. The second-order valence-electron chi connectivity index (χ2n) is 4.00. The highest BCUT2D eigenvalue weighted by Crippen LogP contribution is 2.27. The molecule has 0 aromatic heterocycles. The van der Waals surface area contributed by atoms with E-state index in [0.717, 1.165) is 0 Å². The second kappa shape index (κ2) is 6.32. The molecule has 0 fully saturated rings. The molecular weight excluding hydrogens is 258 g/mol. The van der Waals surface area contributed by atoms with Crippen LogP contribution >= 0.6 is 11.6 Å². The number of hydrogen-bond donors (Lipinski definition) is 2. The first-order valence-electron chi connectivity index (χ1n) is 5.37. The van der Waals surface area contributed by atoms with Crippen molar-refractivity contribution in [2.75, 3.05) is 11.9 Å². The van der Waals surface area contributed by atoms with Gasteiger partial charge in [0.05, 0.1) is 11.5 Å². The highest BCUT2D eigenvalue weighted by molar-refractivity contribution is 6.31. The van der Waals surface area contributed by atoms with Crippen LogP contribution in [0.3, 0.4) is 0 Å². The molecule has 1 amide bonds. The van der Waals surface area contributed by atoms with Gasteiger partial charge in [-0.15, -0.1) is 0 Å². The highest BCUT2D eigenvalue weighted by atomic mass is 35.5. The smallest absolute Gasteiger partial charge is 0.292 e. The van der Waals surface area contributed by atoms with Gasteiger partial charge in [0.1, 0.15) is 5.69 Å². The van der Waals surface area contributed by atoms with E-state index in [9.17, 15) is 14.9 Å². The average Bonchev–Trinajstić information content (AvgIpc) is 2.26. The van der Waals surface area contributed by atoms with E-state index in [1.165, 1.54) is 18.2 Å². The van der Waals surface area contributed by atoms with Crippen molar-refractivity contribution >= 4 is 28.9 Å².